The van der Waals surface area contributed by atoms with Gasteiger partial charge in [-0.25, -0.2) is 0 Å². The van der Waals surface area contributed by atoms with Crippen molar-refractivity contribution in [2.45, 2.75) is 27.7 Å². The zero-order valence-corrected chi connectivity index (χ0v) is 13.6. The second kappa shape index (κ2) is 7.61. The van der Waals surface area contributed by atoms with E-state index in [1.54, 1.807) is 6.08 Å². The summed E-state index contributed by atoms with van der Waals surface area (Å²) in [5.41, 5.74) is 0.621. The highest BCUT2D eigenvalue weighted by molar-refractivity contribution is 6.30. The Hall–Kier alpha value is -1.12. The molecule has 0 atom stereocenters. The quantitative estimate of drug-likeness (QED) is 0.699. The SMILES string of the molecule is CCN(CC)CC(C)(C)C(=O)/C=C/c1ccc(Cl)cc1. The van der Waals surface area contributed by atoms with Gasteiger partial charge in [-0.2, -0.15) is 0 Å². The molecule has 110 valence electrons. The molecule has 0 saturated heterocycles. The van der Waals surface area contributed by atoms with Gasteiger partial charge in [0.25, 0.3) is 0 Å². The molecule has 2 nitrogen and oxygen atoms in total. The van der Waals surface area contributed by atoms with Crippen molar-refractivity contribution >= 4 is 23.5 Å². The zero-order chi connectivity index (χ0) is 15.2. The summed E-state index contributed by atoms with van der Waals surface area (Å²) in [7, 11) is 0. The van der Waals surface area contributed by atoms with Crippen molar-refractivity contribution in [3.05, 3.63) is 40.9 Å². The Balaban J connectivity index is 2.71. The summed E-state index contributed by atoms with van der Waals surface area (Å²) in [6.45, 7) is 11.0. The van der Waals surface area contributed by atoms with E-state index in [0.29, 0.717) is 5.02 Å². The van der Waals surface area contributed by atoms with Crippen molar-refractivity contribution in [3.8, 4) is 0 Å². The molecule has 0 radical (unpaired) electrons. The van der Waals surface area contributed by atoms with Crippen molar-refractivity contribution in [1.29, 1.82) is 0 Å². The van der Waals surface area contributed by atoms with E-state index in [4.69, 9.17) is 11.6 Å². The second-order valence-electron chi connectivity index (χ2n) is 5.59. The third kappa shape index (κ3) is 5.10. The van der Waals surface area contributed by atoms with E-state index >= 15 is 0 Å². The van der Waals surface area contributed by atoms with Gasteiger partial charge in [-0.15, -0.1) is 0 Å². The summed E-state index contributed by atoms with van der Waals surface area (Å²) in [6.07, 6.45) is 3.52. The summed E-state index contributed by atoms with van der Waals surface area (Å²) in [5.74, 6) is 0.152. The minimum atomic E-state index is -0.366. The number of rotatable bonds is 7. The van der Waals surface area contributed by atoms with Crippen LogP contribution in [0.4, 0.5) is 0 Å². The Labute approximate surface area is 127 Å². The lowest BCUT2D eigenvalue weighted by Gasteiger charge is -2.29. The van der Waals surface area contributed by atoms with Gasteiger partial charge in [0, 0.05) is 17.0 Å². The van der Waals surface area contributed by atoms with Gasteiger partial charge in [-0.1, -0.05) is 57.5 Å². The first-order valence-electron chi connectivity index (χ1n) is 7.09. The molecule has 0 aliphatic rings. The van der Waals surface area contributed by atoms with Gasteiger partial charge in [0.15, 0.2) is 5.78 Å². The van der Waals surface area contributed by atoms with Gasteiger partial charge >= 0.3 is 0 Å². The summed E-state index contributed by atoms with van der Waals surface area (Å²) < 4.78 is 0. The number of nitrogens with zero attached hydrogens (tertiary/aromatic N) is 1. The second-order valence-corrected chi connectivity index (χ2v) is 6.03. The Bertz CT molecular complexity index is 458. The fourth-order valence-electron chi connectivity index (χ4n) is 2.06. The van der Waals surface area contributed by atoms with Gasteiger partial charge in [-0.3, -0.25) is 4.79 Å². The number of allylic oxidation sites excluding steroid dienone is 1. The molecule has 1 aromatic carbocycles. The van der Waals surface area contributed by atoms with Crippen molar-refractivity contribution in [1.82, 2.24) is 4.90 Å². The van der Waals surface area contributed by atoms with E-state index in [2.05, 4.69) is 18.7 Å². The molecule has 20 heavy (non-hydrogen) atoms. The molecular formula is C17H24ClNO. The molecule has 0 heterocycles. The highest BCUT2D eigenvalue weighted by atomic mass is 35.5. The molecule has 0 saturated carbocycles. The molecule has 3 heteroatoms. The molecule has 0 fully saturated rings. The van der Waals surface area contributed by atoms with E-state index in [0.717, 1.165) is 25.2 Å². The van der Waals surface area contributed by atoms with Crippen LogP contribution in [0.15, 0.2) is 30.3 Å². The lowest BCUT2D eigenvalue weighted by atomic mass is 9.87. The number of hydrogen-bond donors (Lipinski definition) is 0. The van der Waals surface area contributed by atoms with Gasteiger partial charge in [0.2, 0.25) is 0 Å². The van der Waals surface area contributed by atoms with E-state index in [1.165, 1.54) is 0 Å². The van der Waals surface area contributed by atoms with Gasteiger partial charge in [-0.05, 0) is 36.9 Å². The third-order valence-corrected chi connectivity index (χ3v) is 3.73. The molecular weight excluding hydrogens is 270 g/mol. The monoisotopic (exact) mass is 293 g/mol. The number of hydrogen-bond acceptors (Lipinski definition) is 2. The molecule has 0 unspecified atom stereocenters. The lowest BCUT2D eigenvalue weighted by molar-refractivity contribution is -0.123. The highest BCUT2D eigenvalue weighted by Crippen LogP contribution is 2.20. The Kier molecular flexibility index (Phi) is 6.44. The number of carbonyl (C=O) groups is 1. The lowest BCUT2D eigenvalue weighted by Crippen LogP contribution is -2.38. The van der Waals surface area contributed by atoms with Crippen LogP contribution in [0.2, 0.25) is 5.02 Å². The number of benzene rings is 1. The minimum absolute atomic E-state index is 0.152. The smallest absolute Gasteiger partial charge is 0.162 e. The Morgan fingerprint density at radius 1 is 1.20 bits per heavy atom. The van der Waals surface area contributed by atoms with Crippen LogP contribution in [0.3, 0.4) is 0 Å². The molecule has 0 aromatic heterocycles. The van der Waals surface area contributed by atoms with Crippen molar-refractivity contribution in [3.63, 3.8) is 0 Å². The van der Waals surface area contributed by atoms with Crippen LogP contribution < -0.4 is 0 Å². The van der Waals surface area contributed by atoms with Crippen LogP contribution in [0, 0.1) is 5.41 Å². The molecule has 1 aromatic rings. The first-order chi connectivity index (χ1) is 9.39. The van der Waals surface area contributed by atoms with E-state index in [-0.39, 0.29) is 11.2 Å². The van der Waals surface area contributed by atoms with Crippen LogP contribution in [-0.4, -0.2) is 30.3 Å². The molecule has 0 aliphatic heterocycles. The van der Waals surface area contributed by atoms with Crippen LogP contribution in [0.5, 0.6) is 0 Å². The maximum atomic E-state index is 12.3. The van der Waals surface area contributed by atoms with Crippen molar-refractivity contribution < 1.29 is 4.79 Å². The van der Waals surface area contributed by atoms with Gasteiger partial charge < -0.3 is 4.90 Å². The third-order valence-electron chi connectivity index (χ3n) is 3.48. The highest BCUT2D eigenvalue weighted by Gasteiger charge is 2.27. The normalized spacial score (nSPS) is 12.3. The van der Waals surface area contributed by atoms with Crippen molar-refractivity contribution in [2.24, 2.45) is 5.41 Å². The van der Waals surface area contributed by atoms with E-state index < -0.39 is 0 Å². The standard InChI is InChI=1S/C17H24ClNO/c1-5-19(6-2)13-17(3,4)16(20)12-9-14-7-10-15(18)11-8-14/h7-12H,5-6,13H2,1-4H3/b12-9+. The summed E-state index contributed by atoms with van der Waals surface area (Å²) in [5, 5.41) is 0.704. The maximum absolute atomic E-state index is 12.3. The van der Waals surface area contributed by atoms with E-state index in [1.807, 2.05) is 44.2 Å². The predicted molar refractivity (Wildman–Crippen MR) is 87.1 cm³/mol. The summed E-state index contributed by atoms with van der Waals surface area (Å²) in [6, 6.07) is 7.46. The number of ketones is 1. The fourth-order valence-corrected chi connectivity index (χ4v) is 2.18. The molecule has 1 rings (SSSR count). The van der Waals surface area contributed by atoms with Gasteiger partial charge in [0.05, 0.1) is 0 Å². The average Bonchev–Trinajstić information content (AvgIpc) is 2.43. The van der Waals surface area contributed by atoms with Crippen molar-refractivity contribution in [2.75, 3.05) is 19.6 Å². The number of carbonyl (C=O) groups excluding carboxylic acids is 1. The first kappa shape index (κ1) is 16.9. The topological polar surface area (TPSA) is 20.3 Å². The van der Waals surface area contributed by atoms with Crippen LogP contribution in [0.1, 0.15) is 33.3 Å². The summed E-state index contributed by atoms with van der Waals surface area (Å²) in [4.78, 5) is 14.6. The fraction of sp³-hybridized carbons (Fsp3) is 0.471. The van der Waals surface area contributed by atoms with Crippen LogP contribution in [-0.2, 0) is 4.79 Å². The first-order valence-corrected chi connectivity index (χ1v) is 7.47. The average molecular weight is 294 g/mol. The summed E-state index contributed by atoms with van der Waals surface area (Å²) >= 11 is 5.84. The van der Waals surface area contributed by atoms with E-state index in [9.17, 15) is 4.79 Å². The predicted octanol–water partition coefficient (Wildman–Crippen LogP) is 4.29. The van der Waals surface area contributed by atoms with Crippen LogP contribution in [0.25, 0.3) is 6.08 Å². The van der Waals surface area contributed by atoms with Gasteiger partial charge in [0.1, 0.15) is 0 Å². The molecule has 0 spiro atoms. The molecule has 0 N–H and O–H groups in total. The van der Waals surface area contributed by atoms with Crippen LogP contribution >= 0.6 is 11.6 Å². The molecule has 0 bridgehead atoms. The number of halogens is 1. The molecule has 0 amide bonds. The Morgan fingerprint density at radius 3 is 2.25 bits per heavy atom. The Morgan fingerprint density at radius 2 is 1.75 bits per heavy atom. The molecule has 0 aliphatic carbocycles. The maximum Gasteiger partial charge on any atom is 0.162 e. The largest absolute Gasteiger partial charge is 0.303 e. The minimum Gasteiger partial charge on any atom is -0.303 e. The zero-order valence-electron chi connectivity index (χ0n) is 12.8.